The first kappa shape index (κ1) is 19.6. The molecule has 152 valence electrons. The quantitative estimate of drug-likeness (QED) is 0.631. The van der Waals surface area contributed by atoms with Crippen molar-refractivity contribution in [3.05, 3.63) is 41.2 Å². The summed E-state index contributed by atoms with van der Waals surface area (Å²) >= 11 is 0. The minimum absolute atomic E-state index is 0.0249. The molecule has 1 spiro atoms. The molecule has 1 aromatic carbocycles. The molecule has 0 bridgehead atoms. The zero-order chi connectivity index (χ0) is 20.8. The van der Waals surface area contributed by atoms with Crippen LogP contribution in [0.15, 0.2) is 24.3 Å². The summed E-state index contributed by atoms with van der Waals surface area (Å²) in [5.74, 6) is -0.605. The predicted molar refractivity (Wildman–Crippen MR) is 109 cm³/mol. The summed E-state index contributed by atoms with van der Waals surface area (Å²) in [5, 5.41) is 2.90. The van der Waals surface area contributed by atoms with Gasteiger partial charge in [0.1, 0.15) is 10.8 Å². The summed E-state index contributed by atoms with van der Waals surface area (Å²) in [5.41, 5.74) is -0.519. The minimum atomic E-state index is -1.19. The zero-order valence-electron chi connectivity index (χ0n) is 17.0. The van der Waals surface area contributed by atoms with E-state index >= 15 is 0 Å². The minimum Gasteiger partial charge on any atom is -0.325 e. The normalized spacial score (nSPS) is 26.9. The summed E-state index contributed by atoms with van der Waals surface area (Å²) in [4.78, 5) is 44.7. The van der Waals surface area contributed by atoms with Crippen LogP contribution in [-0.4, -0.2) is 35.2 Å². The van der Waals surface area contributed by atoms with Crippen molar-refractivity contribution in [3.8, 4) is 0 Å². The van der Waals surface area contributed by atoms with Gasteiger partial charge in [0, 0.05) is 18.2 Å². The average Bonchev–Trinajstić information content (AvgIpc) is 3.26. The Balaban J connectivity index is 1.63. The lowest BCUT2D eigenvalue weighted by Gasteiger charge is -2.32. The molecule has 1 saturated heterocycles. The number of nitrogens with one attached hydrogen (secondary N) is 1. The Labute approximate surface area is 171 Å². The van der Waals surface area contributed by atoms with Crippen LogP contribution in [0.3, 0.4) is 0 Å². The molecule has 2 amide bonds. The molecule has 4 rings (SSSR count). The molecule has 2 fully saturated rings. The van der Waals surface area contributed by atoms with Crippen LogP contribution in [0.25, 0.3) is 4.85 Å². The predicted octanol–water partition coefficient (Wildman–Crippen LogP) is 3.53. The van der Waals surface area contributed by atoms with E-state index < -0.39 is 17.0 Å². The third kappa shape index (κ3) is 2.95. The fraction of sp³-hybridized carbons (Fsp3) is 0.565. The lowest BCUT2D eigenvalue weighted by atomic mass is 9.74. The Kier molecular flexibility index (Phi) is 4.72. The Morgan fingerprint density at radius 3 is 2.59 bits per heavy atom. The van der Waals surface area contributed by atoms with Crippen LogP contribution in [0, 0.1) is 17.9 Å². The van der Waals surface area contributed by atoms with Crippen LogP contribution in [0.4, 0.5) is 5.69 Å². The summed E-state index contributed by atoms with van der Waals surface area (Å²) in [6.07, 6.45) is 4.38. The smallest absolute Gasteiger partial charge is 0.302 e. The molecule has 2 heterocycles. The molecule has 6 nitrogen and oxygen atoms in total. The van der Waals surface area contributed by atoms with Gasteiger partial charge in [0.2, 0.25) is 11.8 Å². The lowest BCUT2D eigenvalue weighted by Crippen LogP contribution is -2.49. The first-order valence-electron chi connectivity index (χ1n) is 10.4. The van der Waals surface area contributed by atoms with E-state index in [1.54, 1.807) is 13.8 Å². The van der Waals surface area contributed by atoms with E-state index in [0.717, 1.165) is 43.4 Å². The Bertz CT molecular complexity index is 910. The first-order chi connectivity index (χ1) is 13.8. The van der Waals surface area contributed by atoms with Crippen molar-refractivity contribution < 1.29 is 14.4 Å². The summed E-state index contributed by atoms with van der Waals surface area (Å²) in [6.45, 7) is 11.1. The molecule has 3 aliphatic rings. The number of hydrogen-bond donors (Lipinski definition) is 1. The van der Waals surface area contributed by atoms with Crippen molar-refractivity contribution in [2.24, 2.45) is 11.3 Å². The van der Waals surface area contributed by atoms with Crippen LogP contribution < -0.4 is 5.32 Å². The molecule has 2 aliphatic heterocycles. The molecule has 1 aliphatic carbocycles. The highest BCUT2D eigenvalue weighted by atomic mass is 16.2. The standard InChI is InChI=1S/C23H27N3O3/c1-22(2,19(27)15-9-5-4-6-10-15)21(29)26-14-23(13-18(26)24-3)16-11-7-8-12-17(16)25-20(23)28/h7-8,11-12,15,18H,4-6,9-10,13-14H2,1-2H3,(H,25,28)/t18-,23-/m0/s1. The SMILES string of the molecule is [C-]#[N+][C@@H]1C[C@@]2(CN1C(=O)C(C)(C)C(=O)C1CCCCC1)C(=O)Nc1ccccc12. The van der Waals surface area contributed by atoms with Crippen molar-refractivity contribution >= 4 is 23.3 Å². The number of para-hydroxylation sites is 1. The van der Waals surface area contributed by atoms with Gasteiger partial charge in [-0.2, -0.15) is 0 Å². The van der Waals surface area contributed by atoms with Crippen LogP contribution >= 0.6 is 0 Å². The van der Waals surface area contributed by atoms with Crippen molar-refractivity contribution in [2.75, 3.05) is 11.9 Å². The Hall–Kier alpha value is -2.68. The van der Waals surface area contributed by atoms with Gasteiger partial charge in [0.25, 0.3) is 0 Å². The lowest BCUT2D eigenvalue weighted by molar-refractivity contribution is -0.150. The molecule has 2 atom stereocenters. The molecule has 1 N–H and O–H groups in total. The van der Waals surface area contributed by atoms with Crippen LogP contribution in [0.1, 0.15) is 57.9 Å². The van der Waals surface area contributed by atoms with Gasteiger partial charge >= 0.3 is 6.17 Å². The molecular formula is C23H27N3O3. The third-order valence-electron chi connectivity index (χ3n) is 6.99. The van der Waals surface area contributed by atoms with Crippen LogP contribution in [-0.2, 0) is 19.8 Å². The summed E-state index contributed by atoms with van der Waals surface area (Å²) in [6, 6.07) is 7.46. The number of carbonyl (C=O) groups is 3. The van der Waals surface area contributed by atoms with Gasteiger partial charge in [0.15, 0.2) is 5.78 Å². The van der Waals surface area contributed by atoms with E-state index in [4.69, 9.17) is 6.57 Å². The van der Waals surface area contributed by atoms with Gasteiger partial charge in [-0.15, -0.1) is 0 Å². The topological polar surface area (TPSA) is 70.8 Å². The molecule has 6 heteroatoms. The van der Waals surface area contributed by atoms with Crippen LogP contribution in [0.2, 0.25) is 0 Å². The van der Waals surface area contributed by atoms with E-state index in [0.29, 0.717) is 0 Å². The number of likely N-dealkylation sites (tertiary alicyclic amines) is 1. The van der Waals surface area contributed by atoms with E-state index in [1.165, 1.54) is 4.90 Å². The first-order valence-corrected chi connectivity index (χ1v) is 10.4. The maximum atomic E-state index is 13.5. The molecule has 0 radical (unpaired) electrons. The number of Topliss-reactive ketones (excluding diaryl/α,β-unsaturated/α-hetero) is 1. The van der Waals surface area contributed by atoms with Crippen molar-refractivity contribution in [1.29, 1.82) is 0 Å². The highest BCUT2D eigenvalue weighted by molar-refractivity contribution is 6.09. The molecule has 0 unspecified atom stereocenters. The number of anilines is 1. The number of ketones is 1. The highest BCUT2D eigenvalue weighted by Crippen LogP contribution is 2.47. The van der Waals surface area contributed by atoms with Gasteiger partial charge in [-0.25, -0.2) is 6.57 Å². The third-order valence-corrected chi connectivity index (χ3v) is 6.99. The Morgan fingerprint density at radius 1 is 1.21 bits per heavy atom. The van der Waals surface area contributed by atoms with E-state index in [-0.39, 0.29) is 36.5 Å². The van der Waals surface area contributed by atoms with Crippen LogP contribution in [0.5, 0.6) is 0 Å². The second-order valence-corrected chi connectivity index (χ2v) is 9.15. The molecular weight excluding hydrogens is 366 g/mol. The number of hydrogen-bond acceptors (Lipinski definition) is 3. The highest BCUT2D eigenvalue weighted by Gasteiger charge is 2.60. The number of fused-ring (bicyclic) bond motifs is 2. The maximum absolute atomic E-state index is 13.5. The number of benzene rings is 1. The Morgan fingerprint density at radius 2 is 1.90 bits per heavy atom. The van der Waals surface area contributed by atoms with Crippen molar-refractivity contribution in [2.45, 2.75) is 64.0 Å². The van der Waals surface area contributed by atoms with Gasteiger partial charge in [-0.3, -0.25) is 24.1 Å². The molecule has 1 saturated carbocycles. The second-order valence-electron chi connectivity index (χ2n) is 9.15. The number of amides is 2. The molecule has 29 heavy (non-hydrogen) atoms. The molecule has 1 aromatic rings. The monoisotopic (exact) mass is 393 g/mol. The maximum Gasteiger partial charge on any atom is 0.302 e. The number of carbonyl (C=O) groups excluding carboxylic acids is 3. The van der Waals surface area contributed by atoms with E-state index in [1.807, 2.05) is 24.3 Å². The van der Waals surface area contributed by atoms with E-state index in [9.17, 15) is 14.4 Å². The van der Waals surface area contributed by atoms with Crippen molar-refractivity contribution in [3.63, 3.8) is 0 Å². The summed E-state index contributed by atoms with van der Waals surface area (Å²) < 4.78 is 0. The number of nitrogens with zero attached hydrogens (tertiary/aromatic N) is 2. The number of rotatable bonds is 3. The zero-order valence-corrected chi connectivity index (χ0v) is 17.0. The van der Waals surface area contributed by atoms with Crippen molar-refractivity contribution in [1.82, 2.24) is 4.90 Å². The molecule has 0 aromatic heterocycles. The van der Waals surface area contributed by atoms with Gasteiger partial charge in [0.05, 0.1) is 6.42 Å². The average molecular weight is 393 g/mol. The van der Waals surface area contributed by atoms with Gasteiger partial charge < -0.3 is 5.32 Å². The second kappa shape index (κ2) is 6.98. The van der Waals surface area contributed by atoms with Gasteiger partial charge in [-0.05, 0) is 38.3 Å². The van der Waals surface area contributed by atoms with Gasteiger partial charge in [-0.1, -0.05) is 37.5 Å². The largest absolute Gasteiger partial charge is 0.325 e. The summed E-state index contributed by atoms with van der Waals surface area (Å²) in [7, 11) is 0. The fourth-order valence-electron chi connectivity index (χ4n) is 5.28. The van der Waals surface area contributed by atoms with E-state index in [2.05, 4.69) is 10.2 Å². The fourth-order valence-corrected chi connectivity index (χ4v) is 5.28.